The third-order valence-corrected chi connectivity index (χ3v) is 7.39. The van der Waals surface area contributed by atoms with Gasteiger partial charge in [-0.1, -0.05) is 13.3 Å². The minimum absolute atomic E-state index is 0.280. The molecule has 4 heteroatoms. The molecule has 1 saturated heterocycles. The highest BCUT2D eigenvalue weighted by Gasteiger charge is 2.47. The molecule has 0 bridgehead atoms. The molecule has 3 rings (SSSR count). The molecule has 25 heavy (non-hydrogen) atoms. The number of ether oxygens (including phenoxy) is 1. The first kappa shape index (κ1) is 19.2. The lowest BCUT2D eigenvalue weighted by molar-refractivity contribution is -0.141. The van der Waals surface area contributed by atoms with Crippen molar-refractivity contribution >= 4 is 5.97 Å². The van der Waals surface area contributed by atoms with Crippen LogP contribution in [0.2, 0.25) is 0 Å². The van der Waals surface area contributed by atoms with Crippen LogP contribution >= 0.6 is 0 Å². The Morgan fingerprint density at radius 3 is 2.72 bits per heavy atom. The molecule has 1 heterocycles. The summed E-state index contributed by atoms with van der Waals surface area (Å²) in [4.78, 5) is 11.0. The summed E-state index contributed by atoms with van der Waals surface area (Å²) < 4.78 is 6.43. The molecule has 4 nitrogen and oxygen atoms in total. The van der Waals surface area contributed by atoms with Gasteiger partial charge >= 0.3 is 5.97 Å². The molecule has 2 aliphatic carbocycles. The molecule has 0 radical (unpaired) electrons. The maximum atomic E-state index is 11.0. The molecule has 144 valence electrons. The molecular formula is C21H37NO3. The standard InChI is InChI=1S/C21H37NO3/c1-21-10-7-17(15-20(23)24)14-18(21)5-2-6-19(21)25-13-3-4-16-8-11-22-12-9-16/h16-19,22H,2-15H2,1H3,(H,23,24)/t17-,18?,19-,21-/m0/s1. The lowest BCUT2D eigenvalue weighted by Crippen LogP contribution is -2.47. The van der Waals surface area contributed by atoms with Gasteiger partial charge in [0.1, 0.15) is 0 Å². The number of fused-ring (bicyclic) bond motifs is 1. The summed E-state index contributed by atoms with van der Waals surface area (Å²) in [5, 5.41) is 12.5. The fourth-order valence-corrected chi connectivity index (χ4v) is 5.73. The van der Waals surface area contributed by atoms with Crippen LogP contribution in [-0.4, -0.2) is 36.9 Å². The van der Waals surface area contributed by atoms with Crippen molar-refractivity contribution in [2.75, 3.05) is 19.7 Å². The highest BCUT2D eigenvalue weighted by molar-refractivity contribution is 5.67. The van der Waals surface area contributed by atoms with E-state index in [1.165, 1.54) is 58.0 Å². The molecule has 2 saturated carbocycles. The summed E-state index contributed by atoms with van der Waals surface area (Å²) >= 11 is 0. The van der Waals surface area contributed by atoms with Gasteiger partial charge in [-0.2, -0.15) is 0 Å². The van der Waals surface area contributed by atoms with Crippen molar-refractivity contribution < 1.29 is 14.6 Å². The van der Waals surface area contributed by atoms with Gasteiger partial charge in [0.2, 0.25) is 0 Å². The first-order valence-electron chi connectivity index (χ1n) is 10.6. The molecule has 0 spiro atoms. The minimum atomic E-state index is -0.630. The Hall–Kier alpha value is -0.610. The fraction of sp³-hybridized carbons (Fsp3) is 0.952. The number of piperidine rings is 1. The zero-order chi connectivity index (χ0) is 17.7. The third-order valence-electron chi connectivity index (χ3n) is 7.39. The van der Waals surface area contributed by atoms with Crippen LogP contribution < -0.4 is 5.32 Å². The normalized spacial score (nSPS) is 36.8. The zero-order valence-electron chi connectivity index (χ0n) is 16.0. The molecule has 0 aromatic rings. The monoisotopic (exact) mass is 351 g/mol. The van der Waals surface area contributed by atoms with E-state index in [1.54, 1.807) is 0 Å². The van der Waals surface area contributed by atoms with Crippen molar-refractivity contribution in [3.05, 3.63) is 0 Å². The second kappa shape index (κ2) is 8.85. The fourth-order valence-electron chi connectivity index (χ4n) is 5.73. The predicted molar refractivity (Wildman–Crippen MR) is 99.6 cm³/mol. The predicted octanol–water partition coefficient (Wildman–Crippen LogP) is 4.23. The maximum Gasteiger partial charge on any atom is 0.303 e. The van der Waals surface area contributed by atoms with Gasteiger partial charge < -0.3 is 15.2 Å². The lowest BCUT2D eigenvalue weighted by atomic mass is 9.56. The van der Waals surface area contributed by atoms with Crippen LogP contribution in [0.5, 0.6) is 0 Å². The topological polar surface area (TPSA) is 58.6 Å². The van der Waals surface area contributed by atoms with Gasteiger partial charge in [0.15, 0.2) is 0 Å². The highest BCUT2D eigenvalue weighted by Crippen LogP contribution is 2.53. The van der Waals surface area contributed by atoms with Crippen LogP contribution in [0.1, 0.15) is 77.6 Å². The van der Waals surface area contributed by atoms with Gasteiger partial charge in [-0.3, -0.25) is 4.79 Å². The van der Waals surface area contributed by atoms with E-state index >= 15 is 0 Å². The molecule has 1 aliphatic heterocycles. The zero-order valence-corrected chi connectivity index (χ0v) is 16.0. The van der Waals surface area contributed by atoms with Gasteiger partial charge in [0.05, 0.1) is 6.10 Å². The maximum absolute atomic E-state index is 11.0. The number of carboxylic acids is 1. The Labute approximate surface area is 153 Å². The Bertz CT molecular complexity index is 435. The molecule has 0 aromatic heterocycles. The van der Waals surface area contributed by atoms with E-state index in [4.69, 9.17) is 9.84 Å². The highest BCUT2D eigenvalue weighted by atomic mass is 16.5. The Balaban J connectivity index is 1.44. The van der Waals surface area contributed by atoms with Crippen molar-refractivity contribution in [1.82, 2.24) is 5.32 Å². The summed E-state index contributed by atoms with van der Waals surface area (Å²) in [6, 6.07) is 0. The summed E-state index contributed by atoms with van der Waals surface area (Å²) in [5.74, 6) is 1.31. The molecule has 3 aliphatic rings. The van der Waals surface area contributed by atoms with E-state index in [-0.39, 0.29) is 5.41 Å². The Kier molecular flexibility index (Phi) is 6.79. The Morgan fingerprint density at radius 2 is 1.96 bits per heavy atom. The lowest BCUT2D eigenvalue weighted by Gasteiger charge is -2.52. The number of nitrogens with one attached hydrogen (secondary N) is 1. The smallest absolute Gasteiger partial charge is 0.303 e. The quantitative estimate of drug-likeness (QED) is 0.674. The van der Waals surface area contributed by atoms with E-state index in [1.807, 2.05) is 0 Å². The Morgan fingerprint density at radius 1 is 1.16 bits per heavy atom. The van der Waals surface area contributed by atoms with Gasteiger partial charge in [-0.15, -0.1) is 0 Å². The van der Waals surface area contributed by atoms with Gasteiger partial charge in [0.25, 0.3) is 0 Å². The molecule has 0 aromatic carbocycles. The first-order valence-corrected chi connectivity index (χ1v) is 10.6. The molecule has 2 N–H and O–H groups in total. The van der Waals surface area contributed by atoms with Crippen LogP contribution in [0.4, 0.5) is 0 Å². The minimum Gasteiger partial charge on any atom is -0.481 e. The van der Waals surface area contributed by atoms with Gasteiger partial charge in [-0.25, -0.2) is 0 Å². The van der Waals surface area contributed by atoms with Crippen molar-refractivity contribution in [3.63, 3.8) is 0 Å². The average Bonchev–Trinajstić information content (AvgIpc) is 2.60. The van der Waals surface area contributed by atoms with E-state index < -0.39 is 5.97 Å². The van der Waals surface area contributed by atoms with Crippen molar-refractivity contribution in [2.45, 2.75) is 83.7 Å². The van der Waals surface area contributed by atoms with E-state index in [0.29, 0.717) is 24.4 Å². The number of carbonyl (C=O) groups is 1. The summed E-state index contributed by atoms with van der Waals surface area (Å²) in [5.41, 5.74) is 0.280. The molecule has 0 amide bonds. The third kappa shape index (κ3) is 4.97. The van der Waals surface area contributed by atoms with Crippen LogP contribution in [0, 0.1) is 23.2 Å². The van der Waals surface area contributed by atoms with E-state index in [2.05, 4.69) is 12.2 Å². The van der Waals surface area contributed by atoms with Crippen LogP contribution in [0.15, 0.2) is 0 Å². The molecule has 3 fully saturated rings. The second-order valence-corrected chi connectivity index (χ2v) is 9.07. The van der Waals surface area contributed by atoms with Gasteiger partial charge in [0, 0.05) is 13.0 Å². The first-order chi connectivity index (χ1) is 12.1. The summed E-state index contributed by atoms with van der Waals surface area (Å²) in [6.07, 6.45) is 12.9. The second-order valence-electron chi connectivity index (χ2n) is 9.07. The number of carboxylic acid groups (broad SMARTS) is 1. The molecular weight excluding hydrogens is 314 g/mol. The van der Waals surface area contributed by atoms with Crippen LogP contribution in [0.3, 0.4) is 0 Å². The van der Waals surface area contributed by atoms with E-state index in [9.17, 15) is 4.79 Å². The molecule has 4 atom stereocenters. The molecule has 1 unspecified atom stereocenters. The van der Waals surface area contributed by atoms with Crippen LogP contribution in [-0.2, 0) is 9.53 Å². The SMILES string of the molecule is C[C@]12CC[C@H](CC(=O)O)CC1CCC[C@@H]2OCCCC1CCNCC1. The summed E-state index contributed by atoms with van der Waals surface area (Å²) in [6.45, 7) is 5.71. The number of aliphatic carboxylic acids is 1. The van der Waals surface area contributed by atoms with Crippen molar-refractivity contribution in [3.8, 4) is 0 Å². The van der Waals surface area contributed by atoms with Crippen LogP contribution in [0.25, 0.3) is 0 Å². The van der Waals surface area contributed by atoms with Crippen molar-refractivity contribution in [1.29, 1.82) is 0 Å². The number of rotatable bonds is 7. The van der Waals surface area contributed by atoms with Crippen molar-refractivity contribution in [2.24, 2.45) is 23.2 Å². The van der Waals surface area contributed by atoms with Gasteiger partial charge in [-0.05, 0) is 94.0 Å². The number of hydrogen-bond donors (Lipinski definition) is 2. The van der Waals surface area contributed by atoms with E-state index in [0.717, 1.165) is 31.8 Å². The largest absolute Gasteiger partial charge is 0.481 e. The summed E-state index contributed by atoms with van der Waals surface area (Å²) in [7, 11) is 0. The average molecular weight is 352 g/mol. The number of hydrogen-bond acceptors (Lipinski definition) is 3.